The zero-order valence-electron chi connectivity index (χ0n) is 9.88. The van der Waals surface area contributed by atoms with E-state index < -0.39 is 11.6 Å². The molecule has 1 saturated heterocycles. The van der Waals surface area contributed by atoms with Gasteiger partial charge in [-0.25, -0.2) is 8.78 Å². The highest BCUT2D eigenvalue weighted by Gasteiger charge is 2.27. The number of hydrogen-bond acceptors (Lipinski definition) is 2. The fraction of sp³-hybridized carbons (Fsp3) is 0.538. The van der Waals surface area contributed by atoms with Crippen LogP contribution < -0.4 is 5.32 Å². The normalized spacial score (nSPS) is 21.7. The van der Waals surface area contributed by atoms with Crippen LogP contribution >= 0.6 is 0 Å². The SMILES string of the molecule is CCNC(c1ccc(F)c(F)c1)C1CCCO1. The fourth-order valence-electron chi connectivity index (χ4n) is 2.26. The maximum Gasteiger partial charge on any atom is 0.159 e. The quantitative estimate of drug-likeness (QED) is 0.875. The van der Waals surface area contributed by atoms with Gasteiger partial charge in [-0.15, -0.1) is 0 Å². The van der Waals surface area contributed by atoms with Crippen LogP contribution in [0.15, 0.2) is 18.2 Å². The van der Waals surface area contributed by atoms with Crippen LogP contribution in [0.4, 0.5) is 8.78 Å². The van der Waals surface area contributed by atoms with Gasteiger partial charge in [-0.1, -0.05) is 13.0 Å². The molecule has 94 valence electrons. The summed E-state index contributed by atoms with van der Waals surface area (Å²) in [6.45, 7) is 3.50. The number of hydrogen-bond donors (Lipinski definition) is 1. The molecule has 1 aliphatic rings. The first-order valence-corrected chi connectivity index (χ1v) is 6.02. The van der Waals surface area contributed by atoms with E-state index in [-0.39, 0.29) is 12.1 Å². The lowest BCUT2D eigenvalue weighted by atomic mass is 9.99. The van der Waals surface area contributed by atoms with Crippen molar-refractivity contribution in [2.24, 2.45) is 0 Å². The molecule has 1 fully saturated rings. The van der Waals surface area contributed by atoms with Gasteiger partial charge in [0.25, 0.3) is 0 Å². The first-order chi connectivity index (χ1) is 8.22. The highest BCUT2D eigenvalue weighted by molar-refractivity contribution is 5.22. The van der Waals surface area contributed by atoms with Crippen LogP contribution in [-0.4, -0.2) is 19.3 Å². The monoisotopic (exact) mass is 241 g/mol. The van der Waals surface area contributed by atoms with Gasteiger partial charge in [-0.3, -0.25) is 0 Å². The third-order valence-electron chi connectivity index (χ3n) is 3.06. The van der Waals surface area contributed by atoms with Crippen molar-refractivity contribution in [1.29, 1.82) is 0 Å². The van der Waals surface area contributed by atoms with E-state index >= 15 is 0 Å². The molecule has 1 aromatic rings. The van der Waals surface area contributed by atoms with E-state index in [4.69, 9.17) is 4.74 Å². The van der Waals surface area contributed by atoms with Crippen molar-refractivity contribution in [1.82, 2.24) is 5.32 Å². The molecule has 1 aliphatic heterocycles. The van der Waals surface area contributed by atoms with Crippen molar-refractivity contribution in [2.75, 3.05) is 13.2 Å². The van der Waals surface area contributed by atoms with E-state index in [0.29, 0.717) is 0 Å². The zero-order chi connectivity index (χ0) is 12.3. The number of likely N-dealkylation sites (N-methyl/N-ethyl adjacent to an activating group) is 1. The fourth-order valence-corrected chi connectivity index (χ4v) is 2.26. The summed E-state index contributed by atoms with van der Waals surface area (Å²) in [7, 11) is 0. The minimum absolute atomic E-state index is 0.0554. The van der Waals surface area contributed by atoms with Gasteiger partial charge in [-0.05, 0) is 37.1 Å². The number of ether oxygens (including phenoxy) is 1. The van der Waals surface area contributed by atoms with E-state index in [1.165, 1.54) is 12.1 Å². The maximum atomic E-state index is 13.2. The first-order valence-electron chi connectivity index (χ1n) is 6.02. The van der Waals surface area contributed by atoms with Crippen LogP contribution in [0.25, 0.3) is 0 Å². The highest BCUT2D eigenvalue weighted by atomic mass is 19.2. The Morgan fingerprint density at radius 1 is 1.41 bits per heavy atom. The van der Waals surface area contributed by atoms with Crippen LogP contribution in [0.1, 0.15) is 31.4 Å². The van der Waals surface area contributed by atoms with Crippen LogP contribution in [0.3, 0.4) is 0 Å². The van der Waals surface area contributed by atoms with Crippen molar-refractivity contribution in [3.05, 3.63) is 35.4 Å². The van der Waals surface area contributed by atoms with Crippen LogP contribution in [-0.2, 0) is 4.74 Å². The van der Waals surface area contributed by atoms with Crippen LogP contribution in [0.5, 0.6) is 0 Å². The summed E-state index contributed by atoms with van der Waals surface area (Å²) >= 11 is 0. The van der Waals surface area contributed by atoms with Crippen molar-refractivity contribution >= 4 is 0 Å². The largest absolute Gasteiger partial charge is 0.376 e. The number of rotatable bonds is 4. The summed E-state index contributed by atoms with van der Waals surface area (Å²) in [5, 5.41) is 3.27. The average molecular weight is 241 g/mol. The lowest BCUT2D eigenvalue weighted by Gasteiger charge is -2.24. The number of benzene rings is 1. The minimum Gasteiger partial charge on any atom is -0.376 e. The standard InChI is InChI=1S/C13H17F2NO/c1-2-16-13(12-4-3-7-17-12)9-5-6-10(14)11(15)8-9/h5-6,8,12-13,16H,2-4,7H2,1H3. The molecule has 1 N–H and O–H groups in total. The molecule has 0 aromatic heterocycles. The Morgan fingerprint density at radius 2 is 2.24 bits per heavy atom. The van der Waals surface area contributed by atoms with Gasteiger partial charge >= 0.3 is 0 Å². The Labute approximate surface area is 100.0 Å². The molecular formula is C13H17F2NO. The summed E-state index contributed by atoms with van der Waals surface area (Å²) in [6.07, 6.45) is 2.03. The summed E-state index contributed by atoms with van der Waals surface area (Å²) in [4.78, 5) is 0. The molecule has 0 spiro atoms. The van der Waals surface area contributed by atoms with Gasteiger partial charge in [0.15, 0.2) is 11.6 Å². The molecule has 2 nitrogen and oxygen atoms in total. The van der Waals surface area contributed by atoms with Gasteiger partial charge in [-0.2, -0.15) is 0 Å². The highest BCUT2D eigenvalue weighted by Crippen LogP contribution is 2.27. The number of nitrogens with one attached hydrogen (secondary N) is 1. The first kappa shape index (κ1) is 12.5. The average Bonchev–Trinajstić information content (AvgIpc) is 2.83. The van der Waals surface area contributed by atoms with Gasteiger partial charge in [0.2, 0.25) is 0 Å². The summed E-state index contributed by atoms with van der Waals surface area (Å²) < 4.78 is 31.7. The summed E-state index contributed by atoms with van der Waals surface area (Å²) in [5.74, 6) is -1.61. The van der Waals surface area contributed by atoms with E-state index in [2.05, 4.69) is 5.32 Å². The minimum atomic E-state index is -0.809. The molecule has 4 heteroatoms. The molecule has 17 heavy (non-hydrogen) atoms. The molecule has 0 amide bonds. The molecular weight excluding hydrogens is 224 g/mol. The smallest absolute Gasteiger partial charge is 0.159 e. The van der Waals surface area contributed by atoms with Crippen molar-refractivity contribution < 1.29 is 13.5 Å². The van der Waals surface area contributed by atoms with E-state index in [9.17, 15) is 8.78 Å². The third-order valence-corrected chi connectivity index (χ3v) is 3.06. The molecule has 0 aliphatic carbocycles. The molecule has 1 heterocycles. The van der Waals surface area contributed by atoms with Crippen molar-refractivity contribution in [3.8, 4) is 0 Å². The van der Waals surface area contributed by atoms with Crippen LogP contribution in [0.2, 0.25) is 0 Å². The second-order valence-electron chi connectivity index (χ2n) is 4.26. The molecule has 1 aromatic carbocycles. The topological polar surface area (TPSA) is 21.3 Å². The predicted molar refractivity (Wildman–Crippen MR) is 61.7 cm³/mol. The Hall–Kier alpha value is -1.00. The zero-order valence-corrected chi connectivity index (χ0v) is 9.88. The van der Waals surface area contributed by atoms with Gasteiger partial charge < -0.3 is 10.1 Å². The molecule has 2 unspecified atom stereocenters. The van der Waals surface area contributed by atoms with Gasteiger partial charge in [0.1, 0.15) is 0 Å². The van der Waals surface area contributed by atoms with Crippen LogP contribution in [0, 0.1) is 11.6 Å². The van der Waals surface area contributed by atoms with Gasteiger partial charge in [0, 0.05) is 6.61 Å². The number of halogens is 2. The maximum absolute atomic E-state index is 13.2. The molecule has 0 saturated carbocycles. The Bertz CT molecular complexity index is 378. The second kappa shape index (κ2) is 5.56. The Morgan fingerprint density at radius 3 is 2.82 bits per heavy atom. The van der Waals surface area contributed by atoms with E-state index in [0.717, 1.165) is 31.6 Å². The lowest BCUT2D eigenvalue weighted by Crippen LogP contribution is -2.31. The van der Waals surface area contributed by atoms with Crippen molar-refractivity contribution in [3.63, 3.8) is 0 Å². The summed E-state index contributed by atoms with van der Waals surface area (Å²) in [5.41, 5.74) is 0.748. The molecule has 0 radical (unpaired) electrons. The Balaban J connectivity index is 2.21. The summed E-state index contributed by atoms with van der Waals surface area (Å²) in [6, 6.07) is 3.99. The van der Waals surface area contributed by atoms with E-state index in [1.807, 2.05) is 6.92 Å². The molecule has 2 rings (SSSR count). The van der Waals surface area contributed by atoms with Gasteiger partial charge in [0.05, 0.1) is 12.1 Å². The Kier molecular flexibility index (Phi) is 4.07. The third kappa shape index (κ3) is 2.82. The predicted octanol–water partition coefficient (Wildman–Crippen LogP) is 2.79. The van der Waals surface area contributed by atoms with E-state index in [1.54, 1.807) is 6.07 Å². The molecule has 2 atom stereocenters. The lowest BCUT2D eigenvalue weighted by molar-refractivity contribution is 0.0787. The second-order valence-corrected chi connectivity index (χ2v) is 4.26. The molecule has 0 bridgehead atoms. The van der Waals surface area contributed by atoms with Crippen molar-refractivity contribution in [2.45, 2.75) is 31.9 Å².